The standard InChI is InChI=1S/C13H28N2O/c1-11(12(2)16-4)14-8-5-13-6-9-15(3)10-7-13/h11-14H,5-10H2,1-4H3. The van der Waals surface area contributed by atoms with Gasteiger partial charge in [-0.15, -0.1) is 0 Å². The number of ether oxygens (including phenoxy) is 1. The molecule has 1 heterocycles. The minimum absolute atomic E-state index is 0.303. The predicted molar refractivity (Wildman–Crippen MR) is 68.8 cm³/mol. The number of rotatable bonds is 6. The zero-order valence-corrected chi connectivity index (χ0v) is 11.3. The van der Waals surface area contributed by atoms with E-state index in [1.165, 1.54) is 32.4 Å². The zero-order valence-electron chi connectivity index (χ0n) is 11.3. The van der Waals surface area contributed by atoms with Crippen molar-refractivity contribution in [1.82, 2.24) is 10.2 Å². The fraction of sp³-hybridized carbons (Fsp3) is 1.00. The summed E-state index contributed by atoms with van der Waals surface area (Å²) in [5.41, 5.74) is 0. The molecule has 0 radical (unpaired) electrons. The highest BCUT2D eigenvalue weighted by atomic mass is 16.5. The highest BCUT2D eigenvalue weighted by Crippen LogP contribution is 2.18. The van der Waals surface area contributed by atoms with Crippen molar-refractivity contribution in [3.8, 4) is 0 Å². The van der Waals surface area contributed by atoms with Crippen LogP contribution in [-0.4, -0.2) is 50.8 Å². The lowest BCUT2D eigenvalue weighted by Gasteiger charge is -2.29. The highest BCUT2D eigenvalue weighted by Gasteiger charge is 2.17. The average molecular weight is 228 g/mol. The van der Waals surface area contributed by atoms with E-state index in [2.05, 4.69) is 31.1 Å². The summed E-state index contributed by atoms with van der Waals surface area (Å²) < 4.78 is 5.30. The lowest BCUT2D eigenvalue weighted by molar-refractivity contribution is 0.0877. The average Bonchev–Trinajstić information content (AvgIpc) is 2.30. The molecule has 0 spiro atoms. The zero-order chi connectivity index (χ0) is 12.0. The molecule has 1 N–H and O–H groups in total. The van der Waals surface area contributed by atoms with Gasteiger partial charge in [0.25, 0.3) is 0 Å². The number of nitrogens with one attached hydrogen (secondary N) is 1. The Morgan fingerprint density at radius 3 is 2.50 bits per heavy atom. The van der Waals surface area contributed by atoms with Gasteiger partial charge in [-0.2, -0.15) is 0 Å². The molecule has 0 bridgehead atoms. The van der Waals surface area contributed by atoms with Crippen LogP contribution in [0.4, 0.5) is 0 Å². The number of piperidine rings is 1. The molecule has 3 heteroatoms. The molecule has 2 atom stereocenters. The Morgan fingerprint density at radius 1 is 1.31 bits per heavy atom. The molecule has 3 nitrogen and oxygen atoms in total. The van der Waals surface area contributed by atoms with Crippen molar-refractivity contribution < 1.29 is 4.74 Å². The van der Waals surface area contributed by atoms with E-state index in [1.54, 1.807) is 7.11 Å². The summed E-state index contributed by atoms with van der Waals surface area (Å²) in [5.74, 6) is 0.925. The second kappa shape index (κ2) is 7.25. The largest absolute Gasteiger partial charge is 0.380 e. The normalized spacial score (nSPS) is 23.2. The van der Waals surface area contributed by atoms with Gasteiger partial charge in [0.05, 0.1) is 6.10 Å². The number of likely N-dealkylation sites (tertiary alicyclic amines) is 1. The molecule has 1 saturated heterocycles. The fourth-order valence-corrected chi connectivity index (χ4v) is 2.24. The van der Waals surface area contributed by atoms with Crippen LogP contribution in [-0.2, 0) is 4.74 Å². The van der Waals surface area contributed by atoms with E-state index in [9.17, 15) is 0 Å². The maximum Gasteiger partial charge on any atom is 0.0693 e. The molecule has 1 aliphatic heterocycles. The molecule has 96 valence electrons. The van der Waals surface area contributed by atoms with Crippen LogP contribution >= 0.6 is 0 Å². The molecule has 1 aliphatic rings. The third-order valence-electron chi connectivity index (χ3n) is 3.93. The van der Waals surface area contributed by atoms with Crippen molar-refractivity contribution in [3.63, 3.8) is 0 Å². The van der Waals surface area contributed by atoms with Crippen molar-refractivity contribution in [2.75, 3.05) is 33.8 Å². The summed E-state index contributed by atoms with van der Waals surface area (Å²) in [6, 6.07) is 0.455. The molecule has 0 aromatic carbocycles. The van der Waals surface area contributed by atoms with E-state index in [-0.39, 0.29) is 0 Å². The van der Waals surface area contributed by atoms with E-state index >= 15 is 0 Å². The lowest BCUT2D eigenvalue weighted by Crippen LogP contribution is -2.38. The van der Waals surface area contributed by atoms with Crippen LogP contribution < -0.4 is 5.32 Å². The van der Waals surface area contributed by atoms with E-state index in [0.29, 0.717) is 12.1 Å². The molecule has 0 aliphatic carbocycles. The first kappa shape index (κ1) is 13.9. The van der Waals surface area contributed by atoms with E-state index in [1.807, 2.05) is 0 Å². The second-order valence-corrected chi connectivity index (χ2v) is 5.22. The number of hydrogen-bond donors (Lipinski definition) is 1. The smallest absolute Gasteiger partial charge is 0.0693 e. The maximum absolute atomic E-state index is 5.30. The van der Waals surface area contributed by atoms with Gasteiger partial charge in [-0.3, -0.25) is 0 Å². The molecule has 2 unspecified atom stereocenters. The third kappa shape index (κ3) is 4.81. The van der Waals surface area contributed by atoms with Crippen LogP contribution in [0.5, 0.6) is 0 Å². The van der Waals surface area contributed by atoms with Crippen molar-refractivity contribution in [1.29, 1.82) is 0 Å². The summed E-state index contributed by atoms with van der Waals surface area (Å²) in [4.78, 5) is 2.43. The van der Waals surface area contributed by atoms with Gasteiger partial charge >= 0.3 is 0 Å². The summed E-state index contributed by atoms with van der Waals surface area (Å²) in [6.45, 7) is 7.99. The maximum atomic E-state index is 5.30. The van der Waals surface area contributed by atoms with Gasteiger partial charge in [0, 0.05) is 13.2 Å². The van der Waals surface area contributed by atoms with Crippen LogP contribution in [0, 0.1) is 5.92 Å². The lowest BCUT2D eigenvalue weighted by atomic mass is 9.94. The van der Waals surface area contributed by atoms with Gasteiger partial charge in [-0.05, 0) is 65.7 Å². The Balaban J connectivity index is 2.06. The summed E-state index contributed by atoms with van der Waals surface area (Å²) in [5, 5.41) is 3.55. The fourth-order valence-electron chi connectivity index (χ4n) is 2.24. The molecule has 16 heavy (non-hydrogen) atoms. The molecule has 1 rings (SSSR count). The number of nitrogens with zero attached hydrogens (tertiary/aromatic N) is 1. The van der Waals surface area contributed by atoms with Crippen LogP contribution in [0.2, 0.25) is 0 Å². The first-order chi connectivity index (χ1) is 7.63. The Hall–Kier alpha value is -0.120. The SMILES string of the molecule is COC(C)C(C)NCCC1CCN(C)CC1. The van der Waals surface area contributed by atoms with Gasteiger partial charge in [0.1, 0.15) is 0 Å². The molecule has 0 amide bonds. The van der Waals surface area contributed by atoms with Gasteiger partial charge < -0.3 is 15.0 Å². The molecule has 1 fully saturated rings. The van der Waals surface area contributed by atoms with E-state index < -0.39 is 0 Å². The monoisotopic (exact) mass is 228 g/mol. The van der Waals surface area contributed by atoms with E-state index in [4.69, 9.17) is 4.74 Å². The van der Waals surface area contributed by atoms with Crippen LogP contribution in [0.3, 0.4) is 0 Å². The molecule has 0 aromatic heterocycles. The molecule has 0 aromatic rings. The predicted octanol–water partition coefficient (Wildman–Crippen LogP) is 1.73. The van der Waals surface area contributed by atoms with Crippen molar-refractivity contribution >= 4 is 0 Å². The summed E-state index contributed by atoms with van der Waals surface area (Å²) in [7, 11) is 4.00. The second-order valence-electron chi connectivity index (χ2n) is 5.22. The quantitative estimate of drug-likeness (QED) is 0.749. The number of methoxy groups -OCH3 is 1. The van der Waals surface area contributed by atoms with E-state index in [0.717, 1.165) is 12.5 Å². The van der Waals surface area contributed by atoms with Gasteiger partial charge in [-0.1, -0.05) is 0 Å². The van der Waals surface area contributed by atoms with Crippen molar-refractivity contribution in [2.45, 2.75) is 45.3 Å². The summed E-state index contributed by atoms with van der Waals surface area (Å²) in [6.07, 6.45) is 4.35. The van der Waals surface area contributed by atoms with Gasteiger partial charge in [0.2, 0.25) is 0 Å². The number of hydrogen-bond acceptors (Lipinski definition) is 3. The first-order valence-electron chi connectivity index (χ1n) is 6.58. The minimum Gasteiger partial charge on any atom is -0.380 e. The minimum atomic E-state index is 0.303. The molecular formula is C13H28N2O. The Bertz CT molecular complexity index is 179. The van der Waals surface area contributed by atoms with Crippen molar-refractivity contribution in [3.05, 3.63) is 0 Å². The Morgan fingerprint density at radius 2 is 1.94 bits per heavy atom. The topological polar surface area (TPSA) is 24.5 Å². The Labute approximate surface area is 101 Å². The highest BCUT2D eigenvalue weighted by molar-refractivity contribution is 4.73. The van der Waals surface area contributed by atoms with Crippen LogP contribution in [0.25, 0.3) is 0 Å². The van der Waals surface area contributed by atoms with Crippen LogP contribution in [0.15, 0.2) is 0 Å². The third-order valence-corrected chi connectivity index (χ3v) is 3.93. The van der Waals surface area contributed by atoms with Crippen molar-refractivity contribution in [2.24, 2.45) is 5.92 Å². The summed E-state index contributed by atoms with van der Waals surface area (Å²) >= 11 is 0. The first-order valence-corrected chi connectivity index (χ1v) is 6.58. The van der Waals surface area contributed by atoms with Crippen LogP contribution in [0.1, 0.15) is 33.1 Å². The van der Waals surface area contributed by atoms with Gasteiger partial charge in [-0.25, -0.2) is 0 Å². The molecule has 0 saturated carbocycles. The Kier molecular flexibility index (Phi) is 6.32. The molecular weight excluding hydrogens is 200 g/mol. The van der Waals surface area contributed by atoms with Gasteiger partial charge in [0.15, 0.2) is 0 Å².